The Morgan fingerprint density at radius 2 is 2.10 bits per heavy atom. The predicted octanol–water partition coefficient (Wildman–Crippen LogP) is 3.20. The van der Waals surface area contributed by atoms with E-state index in [9.17, 15) is 18.3 Å². The molecule has 20 heavy (non-hydrogen) atoms. The summed E-state index contributed by atoms with van der Waals surface area (Å²) in [7, 11) is 0. The first-order valence-corrected chi connectivity index (χ1v) is 6.26. The van der Waals surface area contributed by atoms with Crippen LogP contribution in [0.25, 0.3) is 0 Å². The second-order valence-electron chi connectivity index (χ2n) is 4.55. The highest BCUT2D eigenvalue weighted by atomic mass is 19.4. The molecule has 0 saturated heterocycles. The molecule has 1 unspecified atom stereocenters. The minimum Gasteiger partial charge on any atom is -0.388 e. The third-order valence-electron chi connectivity index (χ3n) is 3.05. The van der Waals surface area contributed by atoms with Crippen LogP contribution in [0.4, 0.5) is 13.2 Å². The molecule has 0 aliphatic heterocycles. The van der Waals surface area contributed by atoms with Crippen LogP contribution in [0.3, 0.4) is 0 Å². The van der Waals surface area contributed by atoms with Gasteiger partial charge in [-0.3, -0.25) is 4.68 Å². The number of alkyl halides is 3. The van der Waals surface area contributed by atoms with Crippen LogP contribution in [0, 0.1) is 0 Å². The van der Waals surface area contributed by atoms with Crippen LogP contribution in [0.1, 0.15) is 29.7 Å². The molecule has 108 valence electrons. The number of halogens is 3. The van der Waals surface area contributed by atoms with Crippen LogP contribution >= 0.6 is 0 Å². The van der Waals surface area contributed by atoms with E-state index >= 15 is 0 Å². The standard InChI is InChI=1S/C14H15F3N2O/c1-2-19-9-11(8-18-19)13(20)7-10-4-3-5-12(6-10)14(15,16)17/h3-6,8-9,13,20H,2,7H2,1H3. The zero-order valence-electron chi connectivity index (χ0n) is 10.9. The number of nitrogens with zero attached hydrogens (tertiary/aromatic N) is 2. The fourth-order valence-corrected chi connectivity index (χ4v) is 1.94. The lowest BCUT2D eigenvalue weighted by Gasteiger charge is -2.11. The average molecular weight is 284 g/mol. The molecule has 0 amide bonds. The molecule has 0 aliphatic rings. The highest BCUT2D eigenvalue weighted by Gasteiger charge is 2.30. The number of aromatic nitrogens is 2. The monoisotopic (exact) mass is 284 g/mol. The Labute approximate surface area is 114 Å². The molecule has 3 nitrogen and oxygen atoms in total. The number of rotatable bonds is 4. The highest BCUT2D eigenvalue weighted by molar-refractivity contribution is 5.27. The lowest BCUT2D eigenvalue weighted by molar-refractivity contribution is -0.137. The summed E-state index contributed by atoms with van der Waals surface area (Å²) in [5.41, 5.74) is 0.340. The van der Waals surface area contributed by atoms with Crippen molar-refractivity contribution in [2.24, 2.45) is 0 Å². The Bertz CT molecular complexity index is 578. The van der Waals surface area contributed by atoms with Crippen molar-refractivity contribution in [2.75, 3.05) is 0 Å². The number of aliphatic hydroxyl groups excluding tert-OH is 1. The van der Waals surface area contributed by atoms with Crippen molar-refractivity contribution in [2.45, 2.75) is 32.2 Å². The van der Waals surface area contributed by atoms with Crippen molar-refractivity contribution in [3.63, 3.8) is 0 Å². The summed E-state index contributed by atoms with van der Waals surface area (Å²) in [6.07, 6.45) is -1.88. The molecule has 1 heterocycles. The topological polar surface area (TPSA) is 38.0 Å². The van der Waals surface area contributed by atoms with Crippen molar-refractivity contribution >= 4 is 0 Å². The molecule has 1 aromatic carbocycles. The van der Waals surface area contributed by atoms with Crippen molar-refractivity contribution < 1.29 is 18.3 Å². The molecule has 0 bridgehead atoms. The van der Waals surface area contributed by atoms with Gasteiger partial charge in [0.15, 0.2) is 0 Å². The van der Waals surface area contributed by atoms with Crippen LogP contribution in [-0.4, -0.2) is 14.9 Å². The molecule has 1 aromatic heterocycles. The van der Waals surface area contributed by atoms with Gasteiger partial charge in [0.2, 0.25) is 0 Å². The van der Waals surface area contributed by atoms with Gasteiger partial charge in [-0.15, -0.1) is 0 Å². The molecule has 1 N–H and O–H groups in total. The zero-order valence-corrected chi connectivity index (χ0v) is 10.9. The molecule has 0 fully saturated rings. The van der Waals surface area contributed by atoms with Crippen LogP contribution in [-0.2, 0) is 19.1 Å². The molecule has 0 aliphatic carbocycles. The fourth-order valence-electron chi connectivity index (χ4n) is 1.94. The summed E-state index contributed by atoms with van der Waals surface area (Å²) in [5, 5.41) is 14.1. The van der Waals surface area contributed by atoms with Crippen LogP contribution < -0.4 is 0 Å². The Kier molecular flexibility index (Phi) is 4.13. The average Bonchev–Trinajstić information content (AvgIpc) is 2.87. The number of hydrogen-bond donors (Lipinski definition) is 1. The van der Waals surface area contributed by atoms with E-state index in [1.54, 1.807) is 16.9 Å². The number of benzene rings is 1. The van der Waals surface area contributed by atoms with E-state index in [1.807, 2.05) is 6.92 Å². The highest BCUT2D eigenvalue weighted by Crippen LogP contribution is 2.30. The van der Waals surface area contributed by atoms with Gasteiger partial charge in [-0.05, 0) is 18.6 Å². The maximum Gasteiger partial charge on any atom is 0.416 e. The Hall–Kier alpha value is -1.82. The molecule has 2 rings (SSSR count). The van der Waals surface area contributed by atoms with Gasteiger partial charge in [-0.25, -0.2) is 0 Å². The lowest BCUT2D eigenvalue weighted by Crippen LogP contribution is -2.07. The minimum absolute atomic E-state index is 0.124. The first-order chi connectivity index (χ1) is 9.40. The normalized spacial score (nSPS) is 13.4. The molecule has 2 aromatic rings. The number of aryl methyl sites for hydroxylation is 1. The molecular formula is C14H15F3N2O. The maximum absolute atomic E-state index is 12.6. The van der Waals surface area contributed by atoms with Gasteiger partial charge in [0.05, 0.1) is 17.9 Å². The summed E-state index contributed by atoms with van der Waals surface area (Å²) in [5.74, 6) is 0. The summed E-state index contributed by atoms with van der Waals surface area (Å²) in [6, 6.07) is 5.00. The molecular weight excluding hydrogens is 269 g/mol. The molecule has 6 heteroatoms. The molecule has 0 radical (unpaired) electrons. The first kappa shape index (κ1) is 14.6. The van der Waals surface area contributed by atoms with Crippen molar-refractivity contribution in [1.29, 1.82) is 0 Å². The van der Waals surface area contributed by atoms with Gasteiger partial charge < -0.3 is 5.11 Å². The zero-order chi connectivity index (χ0) is 14.8. The summed E-state index contributed by atoms with van der Waals surface area (Å²) >= 11 is 0. The third kappa shape index (κ3) is 3.39. The summed E-state index contributed by atoms with van der Waals surface area (Å²) < 4.78 is 39.5. The van der Waals surface area contributed by atoms with E-state index < -0.39 is 17.8 Å². The Morgan fingerprint density at radius 3 is 2.70 bits per heavy atom. The van der Waals surface area contributed by atoms with Crippen molar-refractivity contribution in [1.82, 2.24) is 9.78 Å². The molecule has 0 saturated carbocycles. The smallest absolute Gasteiger partial charge is 0.388 e. The fraction of sp³-hybridized carbons (Fsp3) is 0.357. The lowest BCUT2D eigenvalue weighted by atomic mass is 10.0. The van der Waals surface area contributed by atoms with E-state index in [1.165, 1.54) is 12.3 Å². The van der Waals surface area contributed by atoms with E-state index in [0.29, 0.717) is 17.7 Å². The Morgan fingerprint density at radius 1 is 1.35 bits per heavy atom. The predicted molar refractivity (Wildman–Crippen MR) is 68.0 cm³/mol. The number of aliphatic hydroxyl groups is 1. The summed E-state index contributed by atoms with van der Waals surface area (Å²) in [6.45, 7) is 2.59. The van der Waals surface area contributed by atoms with Gasteiger partial charge in [0.25, 0.3) is 0 Å². The summed E-state index contributed by atoms with van der Waals surface area (Å²) in [4.78, 5) is 0. The van der Waals surface area contributed by atoms with Gasteiger partial charge in [0, 0.05) is 24.7 Å². The van der Waals surface area contributed by atoms with Crippen molar-refractivity contribution in [3.8, 4) is 0 Å². The number of hydrogen-bond acceptors (Lipinski definition) is 2. The largest absolute Gasteiger partial charge is 0.416 e. The van der Waals surface area contributed by atoms with E-state index in [-0.39, 0.29) is 6.42 Å². The van der Waals surface area contributed by atoms with E-state index in [4.69, 9.17) is 0 Å². The van der Waals surface area contributed by atoms with Gasteiger partial charge in [0.1, 0.15) is 0 Å². The third-order valence-corrected chi connectivity index (χ3v) is 3.05. The van der Waals surface area contributed by atoms with E-state index in [0.717, 1.165) is 12.1 Å². The second-order valence-corrected chi connectivity index (χ2v) is 4.55. The minimum atomic E-state index is -4.37. The first-order valence-electron chi connectivity index (χ1n) is 6.26. The second kappa shape index (κ2) is 5.66. The van der Waals surface area contributed by atoms with Gasteiger partial charge in [-0.1, -0.05) is 18.2 Å². The molecule has 1 atom stereocenters. The van der Waals surface area contributed by atoms with Gasteiger partial charge >= 0.3 is 6.18 Å². The van der Waals surface area contributed by atoms with E-state index in [2.05, 4.69) is 5.10 Å². The van der Waals surface area contributed by atoms with Gasteiger partial charge in [-0.2, -0.15) is 18.3 Å². The van der Waals surface area contributed by atoms with Crippen LogP contribution in [0.15, 0.2) is 36.7 Å². The Balaban J connectivity index is 2.13. The van der Waals surface area contributed by atoms with Crippen LogP contribution in [0.5, 0.6) is 0 Å². The SMILES string of the molecule is CCn1cc(C(O)Cc2cccc(C(F)(F)F)c2)cn1. The maximum atomic E-state index is 12.6. The quantitative estimate of drug-likeness (QED) is 0.936. The van der Waals surface area contributed by atoms with Crippen molar-refractivity contribution in [3.05, 3.63) is 53.3 Å². The van der Waals surface area contributed by atoms with Crippen LogP contribution in [0.2, 0.25) is 0 Å². The molecule has 0 spiro atoms.